The van der Waals surface area contributed by atoms with E-state index in [-0.39, 0.29) is 36.8 Å². The predicted octanol–water partition coefficient (Wildman–Crippen LogP) is 0.160. The standard InChI is InChI=1S/C42H45N3O14/c1-53-24-8-7-21-31-35(57-33(21)34(24)54-2)30-26(59-41(31)12-9-18(46)10-13-41)15-25-20(29(30)22-17-45-23-6-4-3-5-19(22)23)11-14-42(52)38(51)32(50)36(58-40(42)55-25)37(39(43)44)56-28(49)16-27(47)48/h3-8,15,31-32,35-40,50-52H,9-14,16-17,43-44H2,1-2H3,(H,47,48). The quantitative estimate of drug-likeness (QED) is 0.101. The van der Waals surface area contributed by atoms with Gasteiger partial charge in [-0.3, -0.25) is 19.4 Å². The summed E-state index contributed by atoms with van der Waals surface area (Å²) in [4.78, 5) is 41.3. The number of fused-ring (bicyclic) bond motifs is 9. The molecular weight excluding hydrogens is 770 g/mol. The fraction of sp³-hybridized carbons (Fsp3) is 0.476. The maximum Gasteiger partial charge on any atom is 0.317 e. The Hall–Kier alpha value is -5.30. The fourth-order valence-electron chi connectivity index (χ4n) is 9.90. The summed E-state index contributed by atoms with van der Waals surface area (Å²) in [5.41, 5.74) is 12.5. The molecule has 5 heterocycles. The molecule has 0 amide bonds. The van der Waals surface area contributed by atoms with Gasteiger partial charge in [0.05, 0.1) is 38.2 Å². The van der Waals surface area contributed by atoms with E-state index >= 15 is 0 Å². The van der Waals surface area contributed by atoms with Gasteiger partial charge in [-0.05, 0) is 49.0 Å². The molecule has 5 aliphatic heterocycles. The zero-order valence-electron chi connectivity index (χ0n) is 32.3. The van der Waals surface area contributed by atoms with E-state index in [4.69, 9.17) is 54.7 Å². The van der Waals surface area contributed by atoms with Crippen LogP contribution in [0.15, 0.2) is 47.5 Å². The van der Waals surface area contributed by atoms with Crippen LogP contribution in [0, 0.1) is 0 Å². The topological polar surface area (TPSA) is 261 Å². The summed E-state index contributed by atoms with van der Waals surface area (Å²) in [5.74, 6) is -0.892. The van der Waals surface area contributed by atoms with Crippen LogP contribution in [-0.2, 0) is 30.3 Å². The highest BCUT2D eigenvalue weighted by molar-refractivity contribution is 5.90. The molecule has 0 bridgehead atoms. The number of ether oxygens (including phenoxy) is 7. The van der Waals surface area contributed by atoms with Crippen molar-refractivity contribution in [3.63, 3.8) is 0 Å². The number of para-hydroxylation sites is 1. The first-order valence-corrected chi connectivity index (χ1v) is 19.6. The molecule has 1 saturated heterocycles. The van der Waals surface area contributed by atoms with Crippen molar-refractivity contribution in [2.24, 2.45) is 16.5 Å². The SMILES string of the molecule is COc1ccc2c(c1OC)OC1c3c(cc4c(c3C3=c5ccccc5=NC3)CCC3(O)C(O4)OC(C(OC(=O)CC(=O)O)C(N)N)C(O)C3O)OC3(CCC(=O)CC3)C21. The Kier molecular flexibility index (Phi) is 9.60. The Morgan fingerprint density at radius 3 is 2.47 bits per heavy atom. The monoisotopic (exact) mass is 815 g/mol. The molecule has 8 N–H and O–H groups in total. The van der Waals surface area contributed by atoms with Gasteiger partial charge in [0.2, 0.25) is 12.0 Å². The van der Waals surface area contributed by atoms with Gasteiger partial charge in [-0.25, -0.2) is 0 Å². The highest BCUT2D eigenvalue weighted by Gasteiger charge is 2.61. The molecule has 9 rings (SSSR count). The third-order valence-electron chi connectivity index (χ3n) is 12.7. The van der Waals surface area contributed by atoms with E-state index in [1.54, 1.807) is 20.3 Å². The highest BCUT2D eigenvalue weighted by Crippen LogP contribution is 2.65. The van der Waals surface area contributed by atoms with Crippen LogP contribution in [0.25, 0.3) is 5.57 Å². The molecular formula is C42H45N3O14. The number of aliphatic hydroxyl groups excluding tert-OH is 2. The molecule has 1 spiro atoms. The van der Waals surface area contributed by atoms with Crippen molar-refractivity contribution < 1.29 is 68.0 Å². The zero-order chi connectivity index (χ0) is 41.5. The normalized spacial score (nSPS) is 28.8. The molecule has 17 heteroatoms. The molecule has 0 aromatic heterocycles. The van der Waals surface area contributed by atoms with Crippen LogP contribution in [0.3, 0.4) is 0 Å². The minimum atomic E-state index is -2.23. The van der Waals surface area contributed by atoms with Crippen molar-refractivity contribution in [1.82, 2.24) is 0 Å². The van der Waals surface area contributed by atoms with Crippen LogP contribution in [0.2, 0.25) is 0 Å². The summed E-state index contributed by atoms with van der Waals surface area (Å²) in [6.45, 7) is 0.286. The van der Waals surface area contributed by atoms with Gasteiger partial charge in [-0.15, -0.1) is 0 Å². The zero-order valence-corrected chi connectivity index (χ0v) is 32.3. The van der Waals surface area contributed by atoms with E-state index < -0.39 is 72.5 Å². The lowest BCUT2D eigenvalue weighted by Gasteiger charge is -2.49. The third kappa shape index (κ3) is 6.13. The first-order valence-electron chi connectivity index (χ1n) is 19.6. The molecule has 59 heavy (non-hydrogen) atoms. The number of esters is 1. The number of rotatable bonds is 8. The van der Waals surface area contributed by atoms with E-state index in [1.165, 1.54) is 0 Å². The first-order chi connectivity index (χ1) is 28.3. The van der Waals surface area contributed by atoms with Crippen LogP contribution in [0.5, 0.6) is 28.7 Å². The van der Waals surface area contributed by atoms with Crippen LogP contribution < -0.4 is 45.7 Å². The maximum absolute atomic E-state index is 12.8. The number of carboxylic acids is 1. The van der Waals surface area contributed by atoms with Crippen LogP contribution in [-0.4, -0.2) is 107 Å². The second-order valence-corrected chi connectivity index (χ2v) is 16.0. The maximum atomic E-state index is 12.8. The van der Waals surface area contributed by atoms with E-state index in [0.29, 0.717) is 65.4 Å². The van der Waals surface area contributed by atoms with Gasteiger partial charge in [0.15, 0.2) is 23.2 Å². The lowest BCUT2D eigenvalue weighted by molar-refractivity contribution is -0.329. The number of carboxylic acid groups (broad SMARTS) is 1. The van der Waals surface area contributed by atoms with E-state index in [0.717, 1.165) is 21.7 Å². The average molecular weight is 816 g/mol. The molecule has 17 nitrogen and oxygen atoms in total. The van der Waals surface area contributed by atoms with Crippen molar-refractivity contribution in [2.45, 2.75) is 105 Å². The smallest absolute Gasteiger partial charge is 0.317 e. The lowest BCUT2D eigenvalue weighted by atomic mass is 9.67. The predicted molar refractivity (Wildman–Crippen MR) is 202 cm³/mol. The molecule has 3 aromatic carbocycles. The molecule has 3 aromatic rings. The number of carbonyl (C=O) groups excluding carboxylic acids is 2. The molecule has 8 atom stereocenters. The van der Waals surface area contributed by atoms with Crippen LogP contribution >= 0.6 is 0 Å². The van der Waals surface area contributed by atoms with Crippen molar-refractivity contribution in [3.8, 4) is 28.7 Å². The molecule has 6 aliphatic rings. The number of aliphatic carboxylic acids is 1. The van der Waals surface area contributed by atoms with Gasteiger partial charge in [0.25, 0.3) is 0 Å². The van der Waals surface area contributed by atoms with Gasteiger partial charge in [0, 0.05) is 40.8 Å². The summed E-state index contributed by atoms with van der Waals surface area (Å²) in [5, 5.41) is 46.1. The Labute approximate surface area is 337 Å². The lowest BCUT2D eigenvalue weighted by Crippen LogP contribution is -2.71. The minimum absolute atomic E-state index is 0.100. The van der Waals surface area contributed by atoms with Crippen molar-refractivity contribution in [3.05, 3.63) is 75.3 Å². The fourth-order valence-corrected chi connectivity index (χ4v) is 9.90. The molecule has 2 fully saturated rings. The van der Waals surface area contributed by atoms with Gasteiger partial charge in [-0.2, -0.15) is 0 Å². The minimum Gasteiger partial charge on any atom is -0.493 e. The number of carbonyl (C=O) groups is 3. The summed E-state index contributed by atoms with van der Waals surface area (Å²) in [6.07, 6.45) is -10.7. The summed E-state index contributed by atoms with van der Waals surface area (Å²) in [7, 11) is 3.10. The van der Waals surface area contributed by atoms with Crippen molar-refractivity contribution in [2.75, 3.05) is 20.8 Å². The van der Waals surface area contributed by atoms with Crippen LogP contribution in [0.1, 0.15) is 72.8 Å². The van der Waals surface area contributed by atoms with Crippen molar-refractivity contribution >= 4 is 23.3 Å². The number of hydrogen-bond donors (Lipinski definition) is 6. The number of benzene rings is 3. The third-order valence-corrected chi connectivity index (χ3v) is 12.7. The number of nitrogens with two attached hydrogens (primary N) is 2. The van der Waals surface area contributed by atoms with E-state index in [9.17, 15) is 29.7 Å². The summed E-state index contributed by atoms with van der Waals surface area (Å²) >= 11 is 0. The number of methoxy groups -OCH3 is 2. The Morgan fingerprint density at radius 1 is 1.00 bits per heavy atom. The first kappa shape index (κ1) is 39.2. The van der Waals surface area contributed by atoms with E-state index in [1.807, 2.05) is 36.4 Å². The summed E-state index contributed by atoms with van der Waals surface area (Å²) < 4.78 is 43.8. The van der Waals surface area contributed by atoms with Crippen molar-refractivity contribution in [1.29, 1.82) is 0 Å². The Balaban J connectivity index is 1.22. The van der Waals surface area contributed by atoms with Crippen LogP contribution in [0.4, 0.5) is 0 Å². The molecule has 8 unspecified atom stereocenters. The molecule has 0 radical (unpaired) electrons. The average Bonchev–Trinajstić information content (AvgIpc) is 3.79. The second kappa shape index (κ2) is 14.5. The highest BCUT2D eigenvalue weighted by atomic mass is 16.7. The van der Waals surface area contributed by atoms with Gasteiger partial charge < -0.3 is 65.1 Å². The molecule has 1 saturated carbocycles. The Bertz CT molecular complexity index is 2380. The largest absolute Gasteiger partial charge is 0.493 e. The number of Topliss-reactive ketones (excluding diaryl/α,β-unsaturated/α-hetero) is 1. The molecule has 1 aliphatic carbocycles. The summed E-state index contributed by atoms with van der Waals surface area (Å²) in [6, 6.07) is 13.2. The number of hydrogen-bond acceptors (Lipinski definition) is 16. The number of aliphatic hydroxyl groups is 3. The molecule has 312 valence electrons. The van der Waals surface area contributed by atoms with Gasteiger partial charge >= 0.3 is 11.9 Å². The number of nitrogens with zero attached hydrogens (tertiary/aromatic N) is 1. The second-order valence-electron chi connectivity index (χ2n) is 16.0. The van der Waals surface area contributed by atoms with E-state index in [2.05, 4.69) is 0 Å². The van der Waals surface area contributed by atoms with Gasteiger partial charge in [-0.1, -0.05) is 24.3 Å². The Morgan fingerprint density at radius 2 is 1.76 bits per heavy atom. The number of ketones is 1. The van der Waals surface area contributed by atoms with Gasteiger partial charge in [0.1, 0.15) is 53.7 Å².